The number of aliphatic hydroxyl groups is 1. The molecule has 27 heavy (non-hydrogen) atoms. The molecule has 0 radical (unpaired) electrons. The van der Waals surface area contributed by atoms with E-state index >= 15 is 0 Å². The second-order valence-corrected chi connectivity index (χ2v) is 7.52. The fraction of sp³-hybridized carbons (Fsp3) is 0.789. The van der Waals surface area contributed by atoms with Gasteiger partial charge in [0.1, 0.15) is 0 Å². The zero-order chi connectivity index (χ0) is 21.5. The molecule has 1 atom stereocenters. The SMILES string of the molecule is CC.CCOC(C)(C)C.COC(O)CNC(=O)NCc1csc(C(C)C)n1. The fourth-order valence-electron chi connectivity index (χ4n) is 1.60. The highest BCUT2D eigenvalue weighted by molar-refractivity contribution is 7.09. The number of carbonyl (C=O) groups excluding carboxylic acids is 1. The van der Waals surface area contributed by atoms with E-state index in [0.29, 0.717) is 12.5 Å². The molecule has 1 aromatic heterocycles. The summed E-state index contributed by atoms with van der Waals surface area (Å²) in [5.41, 5.74) is 0.889. The lowest BCUT2D eigenvalue weighted by atomic mass is 10.2. The summed E-state index contributed by atoms with van der Waals surface area (Å²) in [7, 11) is 1.37. The van der Waals surface area contributed by atoms with Gasteiger partial charge >= 0.3 is 6.03 Å². The third kappa shape index (κ3) is 16.7. The van der Waals surface area contributed by atoms with Crippen molar-refractivity contribution in [2.45, 2.75) is 79.7 Å². The minimum Gasteiger partial charge on any atom is -0.376 e. The Hall–Kier alpha value is -1.22. The average molecular weight is 406 g/mol. The standard InChI is InChI=1S/C11H19N3O3S.C6H14O.C2H6/c1-7(2)10-14-8(6-18-10)4-12-11(16)13-5-9(15)17-3;1-5-7-6(2,3)4;1-2/h6-7,9,15H,4-5H2,1-3H3,(H2,12,13,16);5H2,1-4H3;1-2H3. The zero-order valence-electron chi connectivity index (χ0n) is 18.4. The molecule has 0 aliphatic rings. The number of aliphatic hydroxyl groups excluding tert-OH is 1. The molecule has 1 rings (SSSR count). The first kappa shape index (κ1) is 28.0. The Kier molecular flexibility index (Phi) is 16.4. The summed E-state index contributed by atoms with van der Waals surface area (Å²) >= 11 is 1.59. The Labute approximate surface area is 168 Å². The molecule has 0 aromatic carbocycles. The first-order valence-electron chi connectivity index (χ1n) is 9.39. The van der Waals surface area contributed by atoms with Crippen LogP contribution in [0.4, 0.5) is 4.79 Å². The Morgan fingerprint density at radius 2 is 1.89 bits per heavy atom. The van der Waals surface area contributed by atoms with Gasteiger partial charge in [-0.15, -0.1) is 11.3 Å². The third-order valence-electron chi connectivity index (χ3n) is 2.78. The number of nitrogens with zero attached hydrogens (tertiary/aromatic N) is 1. The van der Waals surface area contributed by atoms with Gasteiger partial charge in [-0.3, -0.25) is 0 Å². The minimum atomic E-state index is -0.984. The lowest BCUT2D eigenvalue weighted by molar-refractivity contribution is -0.0690. The van der Waals surface area contributed by atoms with Gasteiger partial charge in [-0.05, 0) is 27.7 Å². The van der Waals surface area contributed by atoms with E-state index in [-0.39, 0.29) is 18.2 Å². The summed E-state index contributed by atoms with van der Waals surface area (Å²) in [5.74, 6) is 0.398. The number of ether oxygens (including phenoxy) is 2. The number of thiazole rings is 1. The number of aromatic nitrogens is 1. The molecule has 0 saturated carbocycles. The average Bonchev–Trinajstić information content (AvgIpc) is 3.08. The van der Waals surface area contributed by atoms with Crippen LogP contribution in [0.5, 0.6) is 0 Å². The minimum absolute atomic E-state index is 0.0503. The summed E-state index contributed by atoms with van der Waals surface area (Å²) in [4.78, 5) is 15.8. The van der Waals surface area contributed by atoms with Gasteiger partial charge < -0.3 is 25.2 Å². The monoisotopic (exact) mass is 405 g/mol. The smallest absolute Gasteiger partial charge is 0.315 e. The first-order valence-corrected chi connectivity index (χ1v) is 10.3. The van der Waals surface area contributed by atoms with Crippen LogP contribution in [0.15, 0.2) is 5.38 Å². The van der Waals surface area contributed by atoms with Crippen molar-refractivity contribution in [1.82, 2.24) is 15.6 Å². The molecule has 1 unspecified atom stereocenters. The number of methoxy groups -OCH3 is 1. The molecule has 7 nitrogen and oxygen atoms in total. The molecule has 0 fully saturated rings. The predicted molar refractivity (Wildman–Crippen MR) is 112 cm³/mol. The van der Waals surface area contributed by atoms with Crippen LogP contribution in [0.2, 0.25) is 0 Å². The van der Waals surface area contributed by atoms with Crippen molar-refractivity contribution in [2.24, 2.45) is 0 Å². The topological polar surface area (TPSA) is 92.7 Å². The van der Waals surface area contributed by atoms with Crippen molar-refractivity contribution < 1.29 is 19.4 Å². The Balaban J connectivity index is 0. The molecule has 160 valence electrons. The van der Waals surface area contributed by atoms with Gasteiger partial charge in [0.15, 0.2) is 6.29 Å². The maximum Gasteiger partial charge on any atom is 0.315 e. The molecule has 0 bridgehead atoms. The maximum atomic E-state index is 11.4. The molecular weight excluding hydrogens is 366 g/mol. The van der Waals surface area contributed by atoms with Crippen molar-refractivity contribution in [2.75, 3.05) is 20.3 Å². The molecule has 2 amide bonds. The van der Waals surface area contributed by atoms with Gasteiger partial charge in [0, 0.05) is 25.0 Å². The Bertz CT molecular complexity index is 488. The fourth-order valence-corrected chi connectivity index (χ4v) is 2.43. The van der Waals surface area contributed by atoms with Crippen molar-refractivity contribution in [3.05, 3.63) is 16.1 Å². The van der Waals surface area contributed by atoms with Gasteiger partial charge in [-0.1, -0.05) is 27.7 Å². The van der Waals surface area contributed by atoms with Gasteiger partial charge in [-0.2, -0.15) is 0 Å². The van der Waals surface area contributed by atoms with E-state index in [0.717, 1.165) is 17.3 Å². The van der Waals surface area contributed by atoms with Crippen LogP contribution >= 0.6 is 11.3 Å². The summed E-state index contributed by atoms with van der Waals surface area (Å²) in [6.07, 6.45) is -0.984. The van der Waals surface area contributed by atoms with Crippen LogP contribution in [-0.4, -0.2) is 48.3 Å². The van der Waals surface area contributed by atoms with Crippen LogP contribution in [0.3, 0.4) is 0 Å². The first-order chi connectivity index (χ1) is 12.6. The van der Waals surface area contributed by atoms with E-state index in [2.05, 4.69) is 55.0 Å². The number of urea groups is 1. The van der Waals surface area contributed by atoms with Crippen molar-refractivity contribution in [1.29, 1.82) is 0 Å². The molecule has 0 saturated heterocycles. The number of hydrogen-bond acceptors (Lipinski definition) is 6. The summed E-state index contributed by atoms with van der Waals surface area (Å²) in [6, 6.07) is -0.356. The molecular formula is C19H39N3O4S. The maximum absolute atomic E-state index is 11.4. The largest absolute Gasteiger partial charge is 0.376 e. The van der Waals surface area contributed by atoms with Crippen LogP contribution in [-0.2, 0) is 16.0 Å². The molecule has 1 heterocycles. The van der Waals surface area contributed by atoms with E-state index in [1.807, 2.05) is 26.2 Å². The molecule has 0 aliphatic heterocycles. The third-order valence-corrected chi connectivity index (χ3v) is 3.97. The van der Waals surface area contributed by atoms with Crippen LogP contribution in [0, 0.1) is 0 Å². The molecule has 1 aromatic rings. The molecule has 0 spiro atoms. The quantitative estimate of drug-likeness (QED) is 0.599. The van der Waals surface area contributed by atoms with Crippen molar-refractivity contribution in [3.63, 3.8) is 0 Å². The van der Waals surface area contributed by atoms with E-state index in [4.69, 9.17) is 9.84 Å². The van der Waals surface area contributed by atoms with Crippen LogP contribution in [0.1, 0.15) is 72.0 Å². The molecule has 0 aliphatic carbocycles. The lowest BCUT2D eigenvalue weighted by Gasteiger charge is -2.17. The van der Waals surface area contributed by atoms with Gasteiger partial charge in [0.05, 0.1) is 29.4 Å². The van der Waals surface area contributed by atoms with E-state index in [1.54, 1.807) is 11.3 Å². The van der Waals surface area contributed by atoms with E-state index in [9.17, 15) is 4.79 Å². The number of hydrogen-bond donors (Lipinski definition) is 3. The number of nitrogens with one attached hydrogen (secondary N) is 2. The predicted octanol–water partition coefficient (Wildman–Crippen LogP) is 3.88. The molecule has 3 N–H and O–H groups in total. The van der Waals surface area contributed by atoms with Crippen LogP contribution in [0.25, 0.3) is 0 Å². The van der Waals surface area contributed by atoms with Gasteiger partial charge in [0.2, 0.25) is 0 Å². The normalized spacial score (nSPS) is 11.7. The molecule has 8 heteroatoms. The number of amides is 2. The summed E-state index contributed by atoms with van der Waals surface area (Å²) in [5, 5.41) is 17.2. The van der Waals surface area contributed by atoms with E-state index < -0.39 is 6.29 Å². The second kappa shape index (κ2) is 15.8. The Morgan fingerprint density at radius 3 is 2.26 bits per heavy atom. The lowest BCUT2D eigenvalue weighted by Crippen LogP contribution is -2.39. The summed E-state index contributed by atoms with van der Waals surface area (Å²) in [6.45, 7) is 17.6. The number of rotatable bonds is 7. The highest BCUT2D eigenvalue weighted by Crippen LogP contribution is 2.18. The van der Waals surface area contributed by atoms with Gasteiger partial charge in [0.25, 0.3) is 0 Å². The Morgan fingerprint density at radius 1 is 1.30 bits per heavy atom. The number of carbonyl (C=O) groups is 1. The van der Waals surface area contributed by atoms with Gasteiger partial charge in [-0.25, -0.2) is 9.78 Å². The second-order valence-electron chi connectivity index (χ2n) is 6.63. The zero-order valence-corrected chi connectivity index (χ0v) is 19.2. The highest BCUT2D eigenvalue weighted by Gasteiger charge is 2.08. The summed E-state index contributed by atoms with van der Waals surface area (Å²) < 4.78 is 9.82. The van der Waals surface area contributed by atoms with Crippen LogP contribution < -0.4 is 10.6 Å². The highest BCUT2D eigenvalue weighted by atomic mass is 32.1. The van der Waals surface area contributed by atoms with Crippen molar-refractivity contribution >= 4 is 17.4 Å². The van der Waals surface area contributed by atoms with E-state index in [1.165, 1.54) is 7.11 Å². The van der Waals surface area contributed by atoms with Crippen molar-refractivity contribution in [3.8, 4) is 0 Å².